The Kier molecular flexibility index (Phi) is 22.4. The lowest BCUT2D eigenvalue weighted by atomic mass is 10.0. The highest BCUT2D eigenvalue weighted by atomic mass is 32.2. The Morgan fingerprint density at radius 2 is 1.03 bits per heavy atom. The molecule has 12 heteroatoms. The van der Waals surface area contributed by atoms with E-state index in [1.165, 1.54) is 11.0 Å². The van der Waals surface area contributed by atoms with E-state index in [9.17, 15) is 26.4 Å². The Hall–Kier alpha value is -6.50. The summed E-state index contributed by atoms with van der Waals surface area (Å²) in [6.07, 6.45) is 14.6. The molecule has 0 spiro atoms. The summed E-state index contributed by atoms with van der Waals surface area (Å²) >= 11 is 0. The van der Waals surface area contributed by atoms with Crippen molar-refractivity contribution in [2.75, 3.05) is 28.5 Å². The predicted octanol–water partition coefficient (Wildman–Crippen LogP) is 13.0. The number of unbranched alkanes of at least 4 members (excludes halogenated alkanes) is 8. The van der Waals surface area contributed by atoms with Crippen LogP contribution in [0.4, 0.5) is 11.4 Å². The van der Waals surface area contributed by atoms with E-state index in [4.69, 9.17) is 10.2 Å². The zero-order chi connectivity index (χ0) is 50.0. The molecule has 0 aliphatic carbocycles. The van der Waals surface area contributed by atoms with Gasteiger partial charge in [-0.05, 0) is 127 Å². The van der Waals surface area contributed by atoms with E-state index < -0.39 is 31.8 Å². The number of sulfone groups is 1. The zero-order valence-corrected chi connectivity index (χ0v) is 41.9. The van der Waals surface area contributed by atoms with Crippen molar-refractivity contribution in [2.45, 2.75) is 102 Å². The van der Waals surface area contributed by atoms with Crippen LogP contribution in [-0.2, 0) is 45.5 Å². The standard InChI is InChI=1S/C30H35NO4S.C28H33NO4S/c1-2-3-4-5-11-23-31(36(34,35)24-22-25-12-7-6-8-13-25)29-15-10-9-14-27(29)19-16-26-17-20-28(21-18-26)30(32)33;30-28(31)25-19-16-23(17-20-25)15-18-24-11-7-8-14-27(24)29-21-9-2-1-3-10-22-34(32,33)26-12-5-4-6-13-26/h6-10,12-15,17-18,20-22,24H,2-5,11,16,19,23H2,1H3,(H,32,33);4-8,11-14,16-17,19-20,29H,1-3,9-10,15,18,21-22H2,(H,30,31)/b24-22+;. The van der Waals surface area contributed by atoms with E-state index in [2.05, 4.69) is 24.4 Å². The molecule has 0 aliphatic heterocycles. The quantitative estimate of drug-likeness (QED) is 0.0407. The van der Waals surface area contributed by atoms with Gasteiger partial charge in [0.15, 0.2) is 9.84 Å². The molecule has 0 atom stereocenters. The lowest BCUT2D eigenvalue weighted by molar-refractivity contribution is 0.0686. The number of benzene rings is 6. The SMILES string of the molecule is CCCCCCCN(c1ccccc1CCc1ccc(C(=O)O)cc1)S(=O)(=O)/C=C/c1ccccc1.O=C(O)c1ccc(CCc2ccccc2NCCCCCCCS(=O)(=O)c2ccccc2)cc1. The van der Waals surface area contributed by atoms with Gasteiger partial charge in [-0.2, -0.15) is 0 Å². The Labute approximate surface area is 416 Å². The van der Waals surface area contributed by atoms with Gasteiger partial charge in [-0.3, -0.25) is 4.31 Å². The van der Waals surface area contributed by atoms with Crippen molar-refractivity contribution in [2.24, 2.45) is 0 Å². The number of carbonyl (C=O) groups is 2. The third kappa shape index (κ3) is 18.4. The first kappa shape index (κ1) is 54.4. The number of carboxylic acids is 2. The fraction of sp³-hybridized carbons (Fsp3) is 0.310. The number of nitrogens with zero attached hydrogens (tertiary/aromatic N) is 1. The number of hydrogen-bond donors (Lipinski definition) is 3. The molecule has 0 heterocycles. The Morgan fingerprint density at radius 1 is 0.529 bits per heavy atom. The summed E-state index contributed by atoms with van der Waals surface area (Å²) in [5, 5.41) is 23.0. The molecule has 0 bridgehead atoms. The summed E-state index contributed by atoms with van der Waals surface area (Å²) < 4.78 is 53.2. The number of sulfonamides is 1. The van der Waals surface area contributed by atoms with Gasteiger partial charge in [0.05, 0.1) is 32.9 Å². The molecule has 0 aliphatic rings. The molecular weight excluding hydrogens is 917 g/mol. The molecule has 3 N–H and O–H groups in total. The summed E-state index contributed by atoms with van der Waals surface area (Å²) in [4.78, 5) is 22.5. The minimum Gasteiger partial charge on any atom is -0.478 e. The highest BCUT2D eigenvalue weighted by Crippen LogP contribution is 2.27. The van der Waals surface area contributed by atoms with E-state index >= 15 is 0 Å². The number of para-hydroxylation sites is 2. The molecular formula is C58H68N2O8S2. The first-order valence-electron chi connectivity index (χ1n) is 24.4. The van der Waals surface area contributed by atoms with Crippen molar-refractivity contribution in [1.82, 2.24) is 0 Å². The van der Waals surface area contributed by atoms with E-state index in [0.29, 0.717) is 42.0 Å². The van der Waals surface area contributed by atoms with Crippen LogP contribution in [0.3, 0.4) is 0 Å². The Bertz CT molecular complexity index is 2760. The largest absolute Gasteiger partial charge is 0.478 e. The fourth-order valence-electron chi connectivity index (χ4n) is 8.02. The van der Waals surface area contributed by atoms with Crippen LogP contribution >= 0.6 is 0 Å². The smallest absolute Gasteiger partial charge is 0.335 e. The first-order chi connectivity index (χ1) is 33.9. The number of aromatic carboxylic acids is 2. The van der Waals surface area contributed by atoms with E-state index in [0.717, 1.165) is 105 Å². The third-order valence-corrected chi connectivity index (χ3v) is 15.3. The van der Waals surface area contributed by atoms with Crippen LogP contribution in [0.1, 0.15) is 120 Å². The van der Waals surface area contributed by atoms with Gasteiger partial charge >= 0.3 is 11.9 Å². The van der Waals surface area contributed by atoms with Crippen LogP contribution in [0.5, 0.6) is 0 Å². The number of anilines is 2. The average molecular weight is 985 g/mol. The van der Waals surface area contributed by atoms with Crippen LogP contribution < -0.4 is 9.62 Å². The topological polar surface area (TPSA) is 158 Å². The summed E-state index contributed by atoms with van der Waals surface area (Å²) in [6.45, 7) is 3.47. The molecule has 0 amide bonds. The monoisotopic (exact) mass is 984 g/mol. The van der Waals surface area contributed by atoms with Gasteiger partial charge in [0, 0.05) is 18.8 Å². The van der Waals surface area contributed by atoms with Crippen molar-refractivity contribution in [3.63, 3.8) is 0 Å². The molecule has 70 heavy (non-hydrogen) atoms. The lowest BCUT2D eigenvalue weighted by Gasteiger charge is -2.25. The van der Waals surface area contributed by atoms with Gasteiger partial charge in [0.25, 0.3) is 10.0 Å². The second-order valence-corrected chi connectivity index (χ2v) is 21.2. The number of carboxylic acid groups (broad SMARTS) is 2. The first-order valence-corrected chi connectivity index (χ1v) is 27.6. The van der Waals surface area contributed by atoms with Crippen molar-refractivity contribution in [1.29, 1.82) is 0 Å². The van der Waals surface area contributed by atoms with Crippen LogP contribution in [0.25, 0.3) is 6.08 Å². The summed E-state index contributed by atoms with van der Waals surface area (Å²) in [6, 6.07) is 47.9. The maximum atomic E-state index is 13.5. The molecule has 6 aromatic carbocycles. The maximum Gasteiger partial charge on any atom is 0.335 e. The summed E-state index contributed by atoms with van der Waals surface area (Å²) in [7, 11) is -6.87. The van der Waals surface area contributed by atoms with Gasteiger partial charge in [-0.15, -0.1) is 0 Å². The average Bonchev–Trinajstić information content (AvgIpc) is 3.37. The number of nitrogens with one attached hydrogen (secondary N) is 1. The van der Waals surface area contributed by atoms with Gasteiger partial charge in [0.2, 0.25) is 0 Å². The molecule has 6 rings (SSSR count). The number of hydrogen-bond acceptors (Lipinski definition) is 7. The Morgan fingerprint density at radius 3 is 1.64 bits per heavy atom. The molecule has 0 fully saturated rings. The summed E-state index contributed by atoms with van der Waals surface area (Å²) in [5.74, 6) is -1.64. The summed E-state index contributed by atoms with van der Waals surface area (Å²) in [5.41, 5.74) is 7.56. The van der Waals surface area contributed by atoms with E-state index in [-0.39, 0.29) is 11.3 Å². The van der Waals surface area contributed by atoms with Crippen LogP contribution in [0, 0.1) is 0 Å². The fourth-order valence-corrected chi connectivity index (χ4v) is 10.7. The van der Waals surface area contributed by atoms with Crippen LogP contribution in [-0.4, -0.2) is 57.8 Å². The maximum absolute atomic E-state index is 13.5. The van der Waals surface area contributed by atoms with Crippen molar-refractivity contribution in [3.05, 3.63) is 202 Å². The lowest BCUT2D eigenvalue weighted by Crippen LogP contribution is -2.31. The molecule has 370 valence electrons. The molecule has 0 radical (unpaired) electrons. The minimum atomic E-state index is -3.70. The predicted molar refractivity (Wildman–Crippen MR) is 285 cm³/mol. The highest BCUT2D eigenvalue weighted by Gasteiger charge is 2.22. The third-order valence-electron chi connectivity index (χ3n) is 12.1. The molecule has 0 unspecified atom stereocenters. The van der Waals surface area contributed by atoms with Crippen LogP contribution in [0.15, 0.2) is 168 Å². The second-order valence-electron chi connectivity index (χ2n) is 17.4. The highest BCUT2D eigenvalue weighted by molar-refractivity contribution is 7.95. The van der Waals surface area contributed by atoms with Gasteiger partial charge in [-0.25, -0.2) is 26.4 Å². The van der Waals surface area contributed by atoms with Crippen LogP contribution in [0.2, 0.25) is 0 Å². The van der Waals surface area contributed by atoms with Crippen molar-refractivity contribution >= 4 is 49.2 Å². The van der Waals surface area contributed by atoms with Gasteiger partial charge in [-0.1, -0.05) is 161 Å². The molecule has 0 aromatic heterocycles. The minimum absolute atomic E-state index is 0.210. The zero-order valence-electron chi connectivity index (χ0n) is 40.3. The number of rotatable bonds is 28. The molecule has 0 saturated carbocycles. The Balaban J connectivity index is 0.000000261. The molecule has 0 saturated heterocycles. The molecule has 6 aromatic rings. The number of aryl methyl sites for hydroxylation is 4. The normalized spacial score (nSPS) is 11.4. The van der Waals surface area contributed by atoms with Gasteiger partial charge < -0.3 is 15.5 Å². The van der Waals surface area contributed by atoms with Crippen molar-refractivity contribution < 1.29 is 36.6 Å². The van der Waals surface area contributed by atoms with E-state index in [1.54, 1.807) is 58.9 Å². The second kappa shape index (κ2) is 28.9. The molecule has 10 nitrogen and oxygen atoms in total. The van der Waals surface area contributed by atoms with Gasteiger partial charge in [0.1, 0.15) is 0 Å². The van der Waals surface area contributed by atoms with Crippen molar-refractivity contribution in [3.8, 4) is 0 Å². The van der Waals surface area contributed by atoms with E-state index in [1.807, 2.05) is 97.1 Å².